The summed E-state index contributed by atoms with van der Waals surface area (Å²) in [6, 6.07) is 25.7. The minimum atomic E-state index is -0.479. The molecule has 148 valence electrons. The molecule has 0 saturated carbocycles. The lowest BCUT2D eigenvalue weighted by Gasteiger charge is -2.11. The maximum Gasteiger partial charge on any atom is 0.185 e. The molecule has 0 atom stereocenters. The van der Waals surface area contributed by atoms with E-state index in [-0.39, 0.29) is 22.6 Å². The van der Waals surface area contributed by atoms with E-state index >= 15 is 0 Å². The molecule has 3 aromatic carbocycles. The molecule has 0 aliphatic rings. The van der Waals surface area contributed by atoms with Gasteiger partial charge in [0.05, 0.1) is 11.3 Å². The second kappa shape index (κ2) is 7.47. The Balaban J connectivity index is 1.90. The van der Waals surface area contributed by atoms with Gasteiger partial charge in [0.2, 0.25) is 0 Å². The fraction of sp³-hybridized carbons (Fsp3) is 0. The highest BCUT2D eigenvalue weighted by atomic mass is 19.1. The smallest absolute Gasteiger partial charge is 0.185 e. The third-order valence-corrected chi connectivity index (χ3v) is 5.07. The number of nitriles is 1. The number of fused-ring (bicyclic) bond motifs is 1. The summed E-state index contributed by atoms with van der Waals surface area (Å²) in [4.78, 5) is 4.48. The zero-order valence-corrected chi connectivity index (χ0v) is 16.1. The van der Waals surface area contributed by atoms with Crippen molar-refractivity contribution in [3.63, 3.8) is 0 Å². The number of hydrogen-bond donors (Lipinski definition) is 0. The van der Waals surface area contributed by atoms with Crippen molar-refractivity contribution < 1.29 is 8.78 Å². The Bertz CT molecular complexity index is 1470. The van der Waals surface area contributed by atoms with Crippen molar-refractivity contribution >= 4 is 5.65 Å². The second-order valence-corrected chi connectivity index (χ2v) is 6.93. The summed E-state index contributed by atoms with van der Waals surface area (Å²) in [5.74, 6) is -0.791. The van der Waals surface area contributed by atoms with Crippen LogP contribution in [0.2, 0.25) is 0 Å². The Kier molecular flexibility index (Phi) is 4.49. The Hall–Kier alpha value is -4.37. The van der Waals surface area contributed by atoms with E-state index in [1.165, 1.54) is 16.6 Å². The number of benzene rings is 3. The van der Waals surface area contributed by atoms with E-state index in [0.29, 0.717) is 16.8 Å². The van der Waals surface area contributed by atoms with Crippen LogP contribution in [-0.2, 0) is 0 Å². The van der Waals surface area contributed by atoms with Gasteiger partial charge in [0, 0.05) is 11.1 Å². The zero-order chi connectivity index (χ0) is 21.4. The quantitative estimate of drug-likeness (QED) is 0.375. The predicted octanol–water partition coefficient (Wildman–Crippen LogP) is 5.88. The summed E-state index contributed by atoms with van der Waals surface area (Å²) >= 11 is 0. The average Bonchev–Trinajstić information content (AvgIpc) is 3.24. The van der Waals surface area contributed by atoms with Gasteiger partial charge in [-0.3, -0.25) is 0 Å². The van der Waals surface area contributed by atoms with Gasteiger partial charge in [-0.15, -0.1) is 5.10 Å². The second-order valence-electron chi connectivity index (χ2n) is 6.93. The van der Waals surface area contributed by atoms with Gasteiger partial charge in [-0.2, -0.15) is 5.26 Å². The molecule has 6 heteroatoms. The maximum absolute atomic E-state index is 14.7. The molecule has 0 fully saturated rings. The van der Waals surface area contributed by atoms with Crippen molar-refractivity contribution in [2.75, 3.05) is 0 Å². The van der Waals surface area contributed by atoms with Gasteiger partial charge in [0.15, 0.2) is 11.5 Å². The van der Waals surface area contributed by atoms with Gasteiger partial charge in [0.1, 0.15) is 23.3 Å². The molecule has 0 spiro atoms. The molecule has 0 radical (unpaired) electrons. The Labute approximate surface area is 176 Å². The SMILES string of the molecule is N#Cc1c(-c2ccccc2)cc(-c2ccccc2F)n2nc(-c3ccccc3F)nc12. The van der Waals surface area contributed by atoms with Crippen molar-refractivity contribution in [1.82, 2.24) is 14.6 Å². The predicted molar refractivity (Wildman–Crippen MR) is 114 cm³/mol. The molecular formula is C25H14F2N4. The molecule has 0 aliphatic heterocycles. The molecule has 0 bridgehead atoms. The van der Waals surface area contributed by atoms with Gasteiger partial charge >= 0.3 is 0 Å². The minimum absolute atomic E-state index is 0.123. The van der Waals surface area contributed by atoms with Crippen LogP contribution in [0, 0.1) is 23.0 Å². The molecule has 2 aromatic heterocycles. The number of nitrogens with zero attached hydrogens (tertiary/aromatic N) is 4. The van der Waals surface area contributed by atoms with Crippen LogP contribution in [0.5, 0.6) is 0 Å². The van der Waals surface area contributed by atoms with Crippen LogP contribution in [0.3, 0.4) is 0 Å². The first-order chi connectivity index (χ1) is 15.2. The van der Waals surface area contributed by atoms with Gasteiger partial charge < -0.3 is 0 Å². The highest BCUT2D eigenvalue weighted by Crippen LogP contribution is 2.34. The van der Waals surface area contributed by atoms with E-state index in [4.69, 9.17) is 0 Å². The minimum Gasteiger partial charge on any atom is -0.211 e. The van der Waals surface area contributed by atoms with Crippen molar-refractivity contribution in [2.24, 2.45) is 0 Å². The Morgan fingerprint density at radius 1 is 0.742 bits per heavy atom. The average molecular weight is 408 g/mol. The molecule has 0 N–H and O–H groups in total. The molecule has 0 unspecified atom stereocenters. The number of hydrogen-bond acceptors (Lipinski definition) is 3. The van der Waals surface area contributed by atoms with E-state index in [2.05, 4.69) is 16.2 Å². The van der Waals surface area contributed by atoms with Crippen molar-refractivity contribution in [3.8, 4) is 39.8 Å². The molecule has 0 saturated heterocycles. The first-order valence-corrected chi connectivity index (χ1v) is 9.56. The first kappa shape index (κ1) is 18.6. The van der Waals surface area contributed by atoms with Crippen molar-refractivity contribution in [3.05, 3.63) is 102 Å². The van der Waals surface area contributed by atoms with Crippen LogP contribution >= 0.6 is 0 Å². The Morgan fingerprint density at radius 3 is 2.00 bits per heavy atom. The molecule has 4 nitrogen and oxygen atoms in total. The molecule has 31 heavy (non-hydrogen) atoms. The van der Waals surface area contributed by atoms with E-state index in [0.717, 1.165) is 5.56 Å². The van der Waals surface area contributed by atoms with Gasteiger partial charge in [0.25, 0.3) is 0 Å². The van der Waals surface area contributed by atoms with Crippen LogP contribution in [0.4, 0.5) is 8.78 Å². The summed E-state index contributed by atoms with van der Waals surface area (Å²) in [6.07, 6.45) is 0. The van der Waals surface area contributed by atoms with E-state index in [1.807, 2.05) is 30.3 Å². The molecule has 5 aromatic rings. The van der Waals surface area contributed by atoms with Crippen LogP contribution in [0.1, 0.15) is 5.56 Å². The molecular weight excluding hydrogens is 394 g/mol. The van der Waals surface area contributed by atoms with Crippen LogP contribution < -0.4 is 0 Å². The summed E-state index contributed by atoms with van der Waals surface area (Å²) < 4.78 is 30.5. The summed E-state index contributed by atoms with van der Waals surface area (Å²) in [5, 5.41) is 14.4. The third kappa shape index (κ3) is 3.13. The van der Waals surface area contributed by atoms with Crippen molar-refractivity contribution in [1.29, 1.82) is 5.26 Å². The van der Waals surface area contributed by atoms with Crippen molar-refractivity contribution in [2.45, 2.75) is 0 Å². The molecule has 0 amide bonds. The maximum atomic E-state index is 14.7. The normalized spacial score (nSPS) is 10.9. The van der Waals surface area contributed by atoms with Gasteiger partial charge in [-0.25, -0.2) is 18.3 Å². The lowest BCUT2D eigenvalue weighted by molar-refractivity contribution is 0.628. The lowest BCUT2D eigenvalue weighted by Crippen LogP contribution is -2.01. The van der Waals surface area contributed by atoms with Gasteiger partial charge in [-0.05, 0) is 35.9 Å². The highest BCUT2D eigenvalue weighted by Gasteiger charge is 2.21. The Morgan fingerprint density at radius 2 is 1.35 bits per heavy atom. The van der Waals surface area contributed by atoms with Crippen LogP contribution in [0.25, 0.3) is 39.4 Å². The molecule has 5 rings (SSSR count). The summed E-state index contributed by atoms with van der Waals surface area (Å²) in [5.41, 5.74) is 2.83. The van der Waals surface area contributed by atoms with Crippen LogP contribution in [0.15, 0.2) is 84.9 Å². The van der Waals surface area contributed by atoms with E-state index < -0.39 is 11.6 Å². The number of rotatable bonds is 3. The summed E-state index contributed by atoms with van der Waals surface area (Å²) in [7, 11) is 0. The monoisotopic (exact) mass is 408 g/mol. The fourth-order valence-electron chi connectivity index (χ4n) is 3.61. The number of halogens is 2. The molecule has 0 aliphatic carbocycles. The van der Waals surface area contributed by atoms with Crippen LogP contribution in [-0.4, -0.2) is 14.6 Å². The zero-order valence-electron chi connectivity index (χ0n) is 16.1. The molecule has 2 heterocycles. The first-order valence-electron chi connectivity index (χ1n) is 9.56. The standard InChI is InChI=1S/C25H14F2N4/c26-21-12-6-4-10-17(21)23-14-19(16-8-2-1-3-9-16)20(15-28)25-29-24(30-31(23)25)18-11-5-7-13-22(18)27/h1-14H. The summed E-state index contributed by atoms with van der Waals surface area (Å²) in [6.45, 7) is 0. The highest BCUT2D eigenvalue weighted by molar-refractivity contribution is 5.83. The lowest BCUT2D eigenvalue weighted by atomic mass is 9.98. The third-order valence-electron chi connectivity index (χ3n) is 5.07. The van der Waals surface area contributed by atoms with E-state index in [1.54, 1.807) is 42.5 Å². The topological polar surface area (TPSA) is 54.0 Å². The number of aromatic nitrogens is 3. The van der Waals surface area contributed by atoms with Gasteiger partial charge in [-0.1, -0.05) is 54.6 Å². The number of pyridine rings is 1. The largest absolute Gasteiger partial charge is 0.211 e. The van der Waals surface area contributed by atoms with E-state index in [9.17, 15) is 14.0 Å². The fourth-order valence-corrected chi connectivity index (χ4v) is 3.61.